The zero-order valence-corrected chi connectivity index (χ0v) is 18.2. The Hall–Kier alpha value is -2.97. The Morgan fingerprint density at radius 3 is 2.58 bits per heavy atom. The highest BCUT2D eigenvalue weighted by atomic mass is 32.1. The molecule has 31 heavy (non-hydrogen) atoms. The largest absolute Gasteiger partial charge is 0.469 e. The highest BCUT2D eigenvalue weighted by molar-refractivity contribution is 7.20. The monoisotopic (exact) mass is 439 g/mol. The molecule has 1 aliphatic rings. The Kier molecular flexibility index (Phi) is 6.79. The van der Waals surface area contributed by atoms with Crippen LogP contribution in [-0.4, -0.2) is 48.0 Å². The second kappa shape index (κ2) is 9.89. The predicted octanol–water partition coefficient (Wildman–Crippen LogP) is 3.73. The van der Waals surface area contributed by atoms with Crippen LogP contribution in [0.25, 0.3) is 10.2 Å². The normalized spacial score (nSPS) is 15.0. The number of carbonyl (C=O) groups excluding carboxylic acids is 2. The topological polar surface area (TPSA) is 80.8 Å². The molecule has 1 aliphatic heterocycles. The molecule has 8 heteroatoms. The summed E-state index contributed by atoms with van der Waals surface area (Å²) in [5, 5.41) is 3.56. The molecule has 2 aromatic carbocycles. The van der Waals surface area contributed by atoms with E-state index in [0.29, 0.717) is 5.19 Å². The molecule has 2 heterocycles. The molecule has 3 aromatic rings. The van der Waals surface area contributed by atoms with Crippen molar-refractivity contribution in [1.82, 2.24) is 15.2 Å². The number of rotatable bonds is 7. The summed E-state index contributed by atoms with van der Waals surface area (Å²) in [7, 11) is 1.29. The number of amides is 1. The van der Waals surface area contributed by atoms with E-state index in [4.69, 9.17) is 4.74 Å². The van der Waals surface area contributed by atoms with Crippen LogP contribution >= 0.6 is 11.3 Å². The van der Waals surface area contributed by atoms with Crippen molar-refractivity contribution in [2.24, 2.45) is 0 Å². The molecular formula is C23H25N3O4S. The van der Waals surface area contributed by atoms with Gasteiger partial charge in [0.25, 0.3) is 5.19 Å². The second-order valence-electron chi connectivity index (χ2n) is 7.56. The number of esters is 1. The van der Waals surface area contributed by atoms with Crippen LogP contribution in [0.1, 0.15) is 24.8 Å². The van der Waals surface area contributed by atoms with Crippen LogP contribution in [0.3, 0.4) is 0 Å². The lowest BCUT2D eigenvalue weighted by Gasteiger charge is -2.32. The van der Waals surface area contributed by atoms with Crippen molar-refractivity contribution in [2.45, 2.75) is 31.8 Å². The highest BCUT2D eigenvalue weighted by Crippen LogP contribution is 2.31. The van der Waals surface area contributed by atoms with Gasteiger partial charge in [-0.25, -0.2) is 4.98 Å². The van der Waals surface area contributed by atoms with Crippen LogP contribution in [0.5, 0.6) is 10.9 Å². The van der Waals surface area contributed by atoms with Gasteiger partial charge in [-0.1, -0.05) is 35.6 Å². The third-order valence-corrected chi connectivity index (χ3v) is 6.21. The van der Waals surface area contributed by atoms with E-state index in [0.717, 1.165) is 48.4 Å². The number of para-hydroxylation sites is 1. The smallest absolute Gasteiger partial charge is 0.315 e. The summed E-state index contributed by atoms with van der Waals surface area (Å²) in [5.74, 6) is -0.00524. The Morgan fingerprint density at radius 1 is 1.13 bits per heavy atom. The van der Waals surface area contributed by atoms with Crippen molar-refractivity contribution < 1.29 is 19.1 Å². The Balaban J connectivity index is 1.24. The molecule has 0 unspecified atom stereocenters. The van der Waals surface area contributed by atoms with Crippen molar-refractivity contribution in [1.29, 1.82) is 0 Å². The van der Waals surface area contributed by atoms with Crippen molar-refractivity contribution in [3.05, 3.63) is 54.1 Å². The minimum atomic E-state index is -0.509. The number of benzene rings is 2. The number of ether oxygens (including phenoxy) is 2. The molecule has 0 atom stereocenters. The molecule has 4 rings (SSSR count). The van der Waals surface area contributed by atoms with Crippen molar-refractivity contribution in [3.8, 4) is 10.9 Å². The van der Waals surface area contributed by atoms with E-state index in [1.165, 1.54) is 24.0 Å². The van der Waals surface area contributed by atoms with Crippen LogP contribution in [-0.2, 0) is 20.9 Å². The average Bonchev–Trinajstić information content (AvgIpc) is 3.18. The van der Waals surface area contributed by atoms with E-state index >= 15 is 0 Å². The average molecular weight is 440 g/mol. The first-order valence-electron chi connectivity index (χ1n) is 10.3. The minimum absolute atomic E-state index is 0.109. The molecule has 1 aromatic heterocycles. The molecule has 1 fully saturated rings. The predicted molar refractivity (Wildman–Crippen MR) is 119 cm³/mol. The SMILES string of the molecule is COC(=O)CC(=O)NC1CCN(Cc2ccc(Oc3nc4ccccc4s3)cc2)CC1. The lowest BCUT2D eigenvalue weighted by atomic mass is 10.0. The van der Waals surface area contributed by atoms with E-state index in [1.54, 1.807) is 0 Å². The number of likely N-dealkylation sites (tertiary alicyclic amines) is 1. The maximum absolute atomic E-state index is 11.8. The molecule has 0 saturated carbocycles. The zero-order chi connectivity index (χ0) is 21.6. The summed E-state index contributed by atoms with van der Waals surface area (Å²) in [6.45, 7) is 2.64. The number of hydrogen-bond acceptors (Lipinski definition) is 7. The third kappa shape index (κ3) is 5.80. The molecule has 1 N–H and O–H groups in total. The van der Waals surface area contributed by atoms with Gasteiger partial charge in [0.05, 0.1) is 17.3 Å². The summed E-state index contributed by atoms with van der Waals surface area (Å²) in [4.78, 5) is 29.9. The zero-order valence-electron chi connectivity index (χ0n) is 17.4. The number of methoxy groups -OCH3 is 1. The lowest BCUT2D eigenvalue weighted by molar-refractivity contribution is -0.144. The lowest BCUT2D eigenvalue weighted by Crippen LogP contribution is -2.44. The number of piperidine rings is 1. The van der Waals surface area contributed by atoms with Gasteiger partial charge in [0.1, 0.15) is 12.2 Å². The molecule has 1 saturated heterocycles. The molecule has 0 radical (unpaired) electrons. The van der Waals surface area contributed by atoms with Crippen LogP contribution < -0.4 is 10.1 Å². The standard InChI is InChI=1S/C23H25N3O4S/c1-29-22(28)14-21(27)24-17-10-12-26(13-11-17)15-16-6-8-18(9-7-16)30-23-25-19-4-2-3-5-20(19)31-23/h2-9,17H,10-15H2,1H3,(H,24,27). The number of aromatic nitrogens is 1. The van der Waals surface area contributed by atoms with Crippen molar-refractivity contribution in [3.63, 3.8) is 0 Å². The van der Waals surface area contributed by atoms with E-state index < -0.39 is 5.97 Å². The minimum Gasteiger partial charge on any atom is -0.469 e. The number of carbonyl (C=O) groups is 2. The van der Waals surface area contributed by atoms with Gasteiger partial charge >= 0.3 is 5.97 Å². The molecule has 162 valence electrons. The van der Waals surface area contributed by atoms with Gasteiger partial charge in [0.2, 0.25) is 5.91 Å². The fraction of sp³-hybridized carbons (Fsp3) is 0.348. The first-order valence-corrected chi connectivity index (χ1v) is 11.1. The number of hydrogen-bond donors (Lipinski definition) is 1. The second-order valence-corrected chi connectivity index (χ2v) is 8.56. The summed E-state index contributed by atoms with van der Waals surface area (Å²) >= 11 is 1.54. The summed E-state index contributed by atoms with van der Waals surface area (Å²) in [6.07, 6.45) is 1.51. The number of fused-ring (bicyclic) bond motifs is 1. The van der Waals surface area contributed by atoms with E-state index in [2.05, 4.69) is 32.1 Å². The quantitative estimate of drug-likeness (QED) is 0.446. The molecule has 0 bridgehead atoms. The van der Waals surface area contributed by atoms with Gasteiger partial charge in [-0.05, 0) is 42.7 Å². The Bertz CT molecular complexity index is 1010. The van der Waals surface area contributed by atoms with Gasteiger partial charge in [0, 0.05) is 25.7 Å². The molecule has 0 aliphatic carbocycles. The third-order valence-electron chi connectivity index (χ3n) is 5.29. The number of nitrogens with zero attached hydrogens (tertiary/aromatic N) is 2. The molecular weight excluding hydrogens is 414 g/mol. The fourth-order valence-corrected chi connectivity index (χ4v) is 4.47. The molecule has 1 amide bonds. The Labute approximate surface area is 185 Å². The number of nitrogens with one attached hydrogen (secondary N) is 1. The van der Waals surface area contributed by atoms with Crippen LogP contribution in [0.4, 0.5) is 0 Å². The molecule has 7 nitrogen and oxygen atoms in total. The van der Waals surface area contributed by atoms with E-state index in [1.807, 2.05) is 36.4 Å². The number of thiazole rings is 1. The summed E-state index contributed by atoms with van der Waals surface area (Å²) in [6, 6.07) is 16.2. The van der Waals surface area contributed by atoms with Crippen molar-refractivity contribution in [2.75, 3.05) is 20.2 Å². The summed E-state index contributed by atoms with van der Waals surface area (Å²) in [5.41, 5.74) is 2.16. The summed E-state index contributed by atoms with van der Waals surface area (Å²) < 4.78 is 11.6. The van der Waals surface area contributed by atoms with Gasteiger partial charge in [0.15, 0.2) is 0 Å². The maximum Gasteiger partial charge on any atom is 0.315 e. The van der Waals surface area contributed by atoms with Gasteiger partial charge in [-0.3, -0.25) is 14.5 Å². The van der Waals surface area contributed by atoms with E-state index in [-0.39, 0.29) is 18.4 Å². The Morgan fingerprint density at radius 2 is 1.87 bits per heavy atom. The molecule has 0 spiro atoms. The van der Waals surface area contributed by atoms with Crippen molar-refractivity contribution >= 4 is 33.4 Å². The van der Waals surface area contributed by atoms with Crippen LogP contribution in [0.2, 0.25) is 0 Å². The van der Waals surface area contributed by atoms with Gasteiger partial charge < -0.3 is 14.8 Å². The highest BCUT2D eigenvalue weighted by Gasteiger charge is 2.21. The fourth-order valence-electron chi connectivity index (χ4n) is 3.63. The maximum atomic E-state index is 11.8. The van der Waals surface area contributed by atoms with E-state index in [9.17, 15) is 9.59 Å². The van der Waals surface area contributed by atoms with Gasteiger partial charge in [-0.15, -0.1) is 0 Å². The van der Waals surface area contributed by atoms with Crippen LogP contribution in [0.15, 0.2) is 48.5 Å². The first-order chi connectivity index (χ1) is 15.1. The van der Waals surface area contributed by atoms with Crippen LogP contribution in [0, 0.1) is 0 Å². The first kappa shape index (κ1) is 21.3. The van der Waals surface area contributed by atoms with Gasteiger partial charge in [-0.2, -0.15) is 0 Å².